The van der Waals surface area contributed by atoms with Crippen LogP contribution in [0.3, 0.4) is 0 Å². The van der Waals surface area contributed by atoms with Gasteiger partial charge in [-0.1, -0.05) is 0 Å². The highest BCUT2D eigenvalue weighted by Crippen LogP contribution is 2.20. The van der Waals surface area contributed by atoms with Crippen molar-refractivity contribution in [3.05, 3.63) is 28.7 Å². The zero-order valence-electron chi connectivity index (χ0n) is 5.44. The van der Waals surface area contributed by atoms with Gasteiger partial charge in [-0.2, -0.15) is 0 Å². The van der Waals surface area contributed by atoms with Gasteiger partial charge in [0.2, 0.25) is 0 Å². The number of halogens is 2. The molecule has 0 atom stereocenters. The maximum atomic E-state index is 12.8. The number of hydrogen-bond donors (Lipinski definition) is 1. The molecule has 11 heavy (non-hydrogen) atoms. The summed E-state index contributed by atoms with van der Waals surface area (Å²) in [5, 5.41) is 0. The minimum Gasteiger partial charge on any atom is -0.345 e. The first-order valence-corrected chi connectivity index (χ1v) is 3.85. The smallest absolute Gasteiger partial charge is 0.139 e. The van der Waals surface area contributed by atoms with Crippen molar-refractivity contribution in [2.45, 2.75) is 0 Å². The Hall–Kier alpha value is -0.900. The van der Waals surface area contributed by atoms with Crippen LogP contribution in [0.5, 0.6) is 0 Å². The van der Waals surface area contributed by atoms with Crippen LogP contribution in [0.2, 0.25) is 0 Å². The van der Waals surface area contributed by atoms with Gasteiger partial charge in [0.25, 0.3) is 0 Å². The summed E-state index contributed by atoms with van der Waals surface area (Å²) in [5.74, 6) is -0.287. The number of H-pyrrole nitrogens is 1. The molecule has 1 aromatic carbocycles. The summed E-state index contributed by atoms with van der Waals surface area (Å²) < 4.78 is 13.3. The molecule has 0 spiro atoms. The van der Waals surface area contributed by atoms with E-state index in [0.29, 0.717) is 9.99 Å². The predicted octanol–water partition coefficient (Wildman–Crippen LogP) is 2.46. The maximum Gasteiger partial charge on any atom is 0.139 e. The Kier molecular flexibility index (Phi) is 1.42. The summed E-state index contributed by atoms with van der Waals surface area (Å²) in [5.41, 5.74) is 1.48. The number of nitrogens with zero attached hydrogens (tertiary/aromatic N) is 1. The van der Waals surface area contributed by atoms with Gasteiger partial charge in [0.05, 0.1) is 21.8 Å². The van der Waals surface area contributed by atoms with Crippen molar-refractivity contribution < 1.29 is 4.39 Å². The standard InChI is InChI=1S/C7H4BrFN2/c8-4-1-6-7(2-5(4)9)11-3-10-6/h1-3H,(H,10,11). The normalized spacial score (nSPS) is 10.7. The molecule has 1 heterocycles. The molecule has 0 fully saturated rings. The van der Waals surface area contributed by atoms with Crippen LogP contribution in [0.15, 0.2) is 22.9 Å². The summed E-state index contributed by atoms with van der Waals surface area (Å²) in [7, 11) is 0. The number of benzene rings is 1. The van der Waals surface area contributed by atoms with Crippen LogP contribution in [-0.4, -0.2) is 9.97 Å². The fraction of sp³-hybridized carbons (Fsp3) is 0. The van der Waals surface area contributed by atoms with E-state index in [4.69, 9.17) is 0 Å². The molecule has 4 heteroatoms. The SMILES string of the molecule is Fc1cc2nc[nH]c2cc1Br. The Labute approximate surface area is 70.6 Å². The molecule has 1 aromatic heterocycles. The third-order valence-corrected chi connectivity index (χ3v) is 2.07. The van der Waals surface area contributed by atoms with Crippen molar-refractivity contribution in [2.75, 3.05) is 0 Å². The Balaban J connectivity index is 2.86. The molecular weight excluding hydrogens is 211 g/mol. The average molecular weight is 215 g/mol. The lowest BCUT2D eigenvalue weighted by Crippen LogP contribution is -1.77. The van der Waals surface area contributed by atoms with E-state index in [-0.39, 0.29) is 5.82 Å². The topological polar surface area (TPSA) is 28.7 Å². The molecule has 0 unspecified atom stereocenters. The van der Waals surface area contributed by atoms with Crippen molar-refractivity contribution >= 4 is 27.0 Å². The minimum atomic E-state index is -0.287. The first kappa shape index (κ1) is 6.79. The van der Waals surface area contributed by atoms with Gasteiger partial charge >= 0.3 is 0 Å². The van der Waals surface area contributed by atoms with Gasteiger partial charge in [-0.3, -0.25) is 0 Å². The molecule has 56 valence electrons. The molecule has 1 N–H and O–H groups in total. The molecule has 2 aromatic rings. The Bertz CT molecular complexity index is 360. The largest absolute Gasteiger partial charge is 0.345 e. The molecule has 2 rings (SSSR count). The van der Waals surface area contributed by atoms with E-state index in [2.05, 4.69) is 25.9 Å². The van der Waals surface area contributed by atoms with Gasteiger partial charge in [-0.05, 0) is 22.0 Å². The number of aromatic nitrogens is 2. The molecule has 0 aliphatic heterocycles. The second kappa shape index (κ2) is 2.30. The molecule has 0 aliphatic carbocycles. The van der Waals surface area contributed by atoms with Crippen molar-refractivity contribution in [3.63, 3.8) is 0 Å². The fourth-order valence-corrected chi connectivity index (χ4v) is 1.27. The Morgan fingerprint density at radius 3 is 3.09 bits per heavy atom. The highest BCUT2D eigenvalue weighted by atomic mass is 79.9. The van der Waals surface area contributed by atoms with E-state index < -0.39 is 0 Å². The van der Waals surface area contributed by atoms with Crippen molar-refractivity contribution in [1.82, 2.24) is 9.97 Å². The number of rotatable bonds is 0. The second-order valence-corrected chi connectivity index (χ2v) is 3.04. The molecule has 0 bridgehead atoms. The first-order chi connectivity index (χ1) is 5.27. The van der Waals surface area contributed by atoms with E-state index in [1.54, 1.807) is 6.07 Å². The van der Waals surface area contributed by atoms with Crippen molar-refractivity contribution in [2.24, 2.45) is 0 Å². The van der Waals surface area contributed by atoms with Crippen LogP contribution in [0, 0.1) is 5.82 Å². The second-order valence-electron chi connectivity index (χ2n) is 2.19. The summed E-state index contributed by atoms with van der Waals surface area (Å²) in [6.45, 7) is 0. The fourth-order valence-electron chi connectivity index (χ4n) is 0.930. The van der Waals surface area contributed by atoms with E-state index in [9.17, 15) is 4.39 Å². The number of hydrogen-bond acceptors (Lipinski definition) is 1. The molecule has 0 saturated heterocycles. The third kappa shape index (κ3) is 1.03. The lowest BCUT2D eigenvalue weighted by atomic mass is 10.3. The zero-order valence-corrected chi connectivity index (χ0v) is 7.02. The van der Waals surface area contributed by atoms with Crippen LogP contribution < -0.4 is 0 Å². The van der Waals surface area contributed by atoms with Crippen molar-refractivity contribution in [3.8, 4) is 0 Å². The lowest BCUT2D eigenvalue weighted by Gasteiger charge is -1.92. The van der Waals surface area contributed by atoms with Gasteiger partial charge in [0.1, 0.15) is 5.82 Å². The van der Waals surface area contributed by atoms with Gasteiger partial charge in [0.15, 0.2) is 0 Å². The summed E-state index contributed by atoms with van der Waals surface area (Å²) in [4.78, 5) is 6.78. The molecule has 0 saturated carbocycles. The first-order valence-electron chi connectivity index (χ1n) is 3.05. The summed E-state index contributed by atoms with van der Waals surface area (Å²) >= 11 is 3.08. The van der Waals surface area contributed by atoms with Crippen LogP contribution in [0.25, 0.3) is 11.0 Å². The van der Waals surface area contributed by atoms with Crippen LogP contribution in [0.4, 0.5) is 4.39 Å². The molecule has 0 amide bonds. The summed E-state index contributed by atoms with van der Waals surface area (Å²) in [6, 6.07) is 3.05. The Morgan fingerprint density at radius 2 is 2.27 bits per heavy atom. The van der Waals surface area contributed by atoms with Gasteiger partial charge in [-0.25, -0.2) is 9.37 Å². The molecule has 0 aliphatic rings. The van der Waals surface area contributed by atoms with Crippen LogP contribution in [0.1, 0.15) is 0 Å². The molecule has 2 nitrogen and oxygen atoms in total. The quantitative estimate of drug-likeness (QED) is 0.718. The monoisotopic (exact) mass is 214 g/mol. The number of imidazole rings is 1. The van der Waals surface area contributed by atoms with E-state index in [1.807, 2.05) is 0 Å². The number of aromatic amines is 1. The van der Waals surface area contributed by atoms with Crippen LogP contribution >= 0.6 is 15.9 Å². The van der Waals surface area contributed by atoms with E-state index in [1.165, 1.54) is 12.4 Å². The van der Waals surface area contributed by atoms with E-state index >= 15 is 0 Å². The van der Waals surface area contributed by atoms with E-state index in [0.717, 1.165) is 5.52 Å². The highest BCUT2D eigenvalue weighted by molar-refractivity contribution is 9.10. The van der Waals surface area contributed by atoms with Crippen LogP contribution in [-0.2, 0) is 0 Å². The van der Waals surface area contributed by atoms with Gasteiger partial charge < -0.3 is 4.98 Å². The van der Waals surface area contributed by atoms with Gasteiger partial charge in [0, 0.05) is 6.07 Å². The number of fused-ring (bicyclic) bond motifs is 1. The zero-order chi connectivity index (χ0) is 7.84. The number of nitrogens with one attached hydrogen (secondary N) is 1. The van der Waals surface area contributed by atoms with Gasteiger partial charge in [-0.15, -0.1) is 0 Å². The highest BCUT2D eigenvalue weighted by Gasteiger charge is 2.02. The Morgan fingerprint density at radius 1 is 1.45 bits per heavy atom. The van der Waals surface area contributed by atoms with Crippen molar-refractivity contribution in [1.29, 1.82) is 0 Å². The lowest BCUT2D eigenvalue weighted by molar-refractivity contribution is 0.623. The summed E-state index contributed by atoms with van der Waals surface area (Å²) in [6.07, 6.45) is 1.54. The average Bonchev–Trinajstić information content (AvgIpc) is 2.36. The third-order valence-electron chi connectivity index (χ3n) is 1.46. The molecule has 0 radical (unpaired) electrons. The molecular formula is C7H4BrFN2. The predicted molar refractivity (Wildman–Crippen MR) is 43.8 cm³/mol. The maximum absolute atomic E-state index is 12.8. The minimum absolute atomic E-state index is 0.287.